The molecule has 0 bridgehead atoms. The predicted molar refractivity (Wildman–Crippen MR) is 82.6 cm³/mol. The Labute approximate surface area is 119 Å². The van der Waals surface area contributed by atoms with E-state index in [1.54, 1.807) is 0 Å². The van der Waals surface area contributed by atoms with Gasteiger partial charge in [0, 0.05) is 24.7 Å². The van der Waals surface area contributed by atoms with Gasteiger partial charge in [0.1, 0.15) is 0 Å². The summed E-state index contributed by atoms with van der Waals surface area (Å²) in [6.45, 7) is 6.02. The summed E-state index contributed by atoms with van der Waals surface area (Å²) in [7, 11) is 4.63. The highest BCUT2D eigenvalue weighted by molar-refractivity contribution is 4.85. The normalized spacial score (nSPS) is 33.2. The number of nitrogens with one attached hydrogen (secondary N) is 1. The van der Waals surface area contributed by atoms with Gasteiger partial charge in [-0.1, -0.05) is 6.92 Å². The van der Waals surface area contributed by atoms with Crippen LogP contribution >= 0.6 is 0 Å². The van der Waals surface area contributed by atoms with Crippen LogP contribution in [0.15, 0.2) is 0 Å². The van der Waals surface area contributed by atoms with Gasteiger partial charge in [0.25, 0.3) is 0 Å². The number of rotatable bonds is 6. The molecule has 3 nitrogen and oxygen atoms in total. The number of likely N-dealkylation sites (N-methyl/N-ethyl adjacent to an activating group) is 2. The van der Waals surface area contributed by atoms with E-state index in [1.807, 2.05) is 0 Å². The molecule has 112 valence electrons. The van der Waals surface area contributed by atoms with Gasteiger partial charge >= 0.3 is 0 Å². The van der Waals surface area contributed by atoms with E-state index >= 15 is 0 Å². The van der Waals surface area contributed by atoms with Crippen molar-refractivity contribution in [1.82, 2.24) is 15.1 Å². The smallest absolute Gasteiger partial charge is 0.0220 e. The molecule has 1 saturated carbocycles. The monoisotopic (exact) mass is 267 g/mol. The van der Waals surface area contributed by atoms with E-state index in [9.17, 15) is 0 Å². The zero-order valence-electron chi connectivity index (χ0n) is 13.2. The Bertz CT molecular complexity index is 248. The molecular weight excluding hydrogens is 234 g/mol. The maximum atomic E-state index is 3.68. The van der Waals surface area contributed by atoms with E-state index in [0.717, 1.165) is 18.1 Å². The van der Waals surface area contributed by atoms with Gasteiger partial charge in [-0.3, -0.25) is 0 Å². The van der Waals surface area contributed by atoms with Crippen LogP contribution in [0.2, 0.25) is 0 Å². The maximum absolute atomic E-state index is 3.68. The average Bonchev–Trinajstić information content (AvgIpc) is 2.82. The van der Waals surface area contributed by atoms with E-state index < -0.39 is 0 Å². The topological polar surface area (TPSA) is 18.5 Å². The summed E-state index contributed by atoms with van der Waals surface area (Å²) in [5.74, 6) is 0. The van der Waals surface area contributed by atoms with E-state index in [0.29, 0.717) is 0 Å². The molecule has 1 saturated heterocycles. The van der Waals surface area contributed by atoms with Gasteiger partial charge in [-0.2, -0.15) is 0 Å². The van der Waals surface area contributed by atoms with E-state index in [1.165, 1.54) is 64.6 Å². The molecular formula is C16H33N3. The van der Waals surface area contributed by atoms with Crippen molar-refractivity contribution in [2.75, 3.05) is 33.7 Å². The SMILES string of the molecule is CCCNC1CCC(N(C)CC2CCCN2C)CC1. The van der Waals surface area contributed by atoms with E-state index in [-0.39, 0.29) is 0 Å². The molecule has 3 heteroatoms. The average molecular weight is 267 g/mol. The Morgan fingerprint density at radius 3 is 2.47 bits per heavy atom. The number of hydrogen-bond donors (Lipinski definition) is 1. The minimum atomic E-state index is 0.791. The molecule has 0 spiro atoms. The first kappa shape index (κ1) is 15.3. The first-order valence-electron chi connectivity index (χ1n) is 8.34. The third kappa shape index (κ3) is 4.44. The Morgan fingerprint density at radius 1 is 1.16 bits per heavy atom. The van der Waals surface area contributed by atoms with Gasteiger partial charge < -0.3 is 15.1 Å². The third-order valence-electron chi connectivity index (χ3n) is 5.17. The molecule has 2 rings (SSSR count). The van der Waals surface area contributed by atoms with Crippen molar-refractivity contribution < 1.29 is 0 Å². The largest absolute Gasteiger partial charge is 0.314 e. The Balaban J connectivity index is 1.68. The Hall–Kier alpha value is -0.120. The van der Waals surface area contributed by atoms with Crippen LogP contribution in [0.1, 0.15) is 51.9 Å². The molecule has 0 radical (unpaired) electrons. The zero-order chi connectivity index (χ0) is 13.7. The molecule has 1 atom stereocenters. The van der Waals surface area contributed by atoms with Crippen LogP contribution in [0.3, 0.4) is 0 Å². The first-order chi connectivity index (χ1) is 9.20. The molecule has 1 heterocycles. The van der Waals surface area contributed by atoms with Crippen LogP contribution in [0, 0.1) is 0 Å². The van der Waals surface area contributed by atoms with Crippen molar-refractivity contribution in [1.29, 1.82) is 0 Å². The molecule has 0 aromatic carbocycles. The quantitative estimate of drug-likeness (QED) is 0.797. The molecule has 19 heavy (non-hydrogen) atoms. The van der Waals surface area contributed by atoms with Crippen LogP contribution < -0.4 is 5.32 Å². The van der Waals surface area contributed by atoms with E-state index in [2.05, 4.69) is 36.1 Å². The lowest BCUT2D eigenvalue weighted by Crippen LogP contribution is -2.45. The van der Waals surface area contributed by atoms with Crippen molar-refractivity contribution in [3.63, 3.8) is 0 Å². The number of nitrogens with zero attached hydrogens (tertiary/aromatic N) is 2. The molecule has 0 aromatic rings. The van der Waals surface area contributed by atoms with Gasteiger partial charge in [0.15, 0.2) is 0 Å². The second-order valence-corrected chi connectivity index (χ2v) is 6.68. The van der Waals surface area contributed by atoms with Crippen molar-refractivity contribution >= 4 is 0 Å². The molecule has 1 unspecified atom stereocenters. The molecule has 1 N–H and O–H groups in total. The van der Waals surface area contributed by atoms with Crippen LogP contribution in [0.25, 0.3) is 0 Å². The minimum Gasteiger partial charge on any atom is -0.314 e. The minimum absolute atomic E-state index is 0.791. The summed E-state index contributed by atoms with van der Waals surface area (Å²) in [6, 6.07) is 2.42. The lowest BCUT2D eigenvalue weighted by molar-refractivity contribution is 0.138. The van der Waals surface area contributed by atoms with Gasteiger partial charge in [-0.15, -0.1) is 0 Å². The molecule has 2 aliphatic rings. The van der Waals surface area contributed by atoms with Crippen molar-refractivity contribution in [2.24, 2.45) is 0 Å². The Morgan fingerprint density at radius 2 is 1.89 bits per heavy atom. The van der Waals surface area contributed by atoms with Crippen LogP contribution in [0.5, 0.6) is 0 Å². The zero-order valence-corrected chi connectivity index (χ0v) is 13.2. The van der Waals surface area contributed by atoms with Gasteiger partial charge in [-0.05, 0) is 72.1 Å². The van der Waals surface area contributed by atoms with Crippen molar-refractivity contribution in [2.45, 2.75) is 70.0 Å². The predicted octanol–water partition coefficient (Wildman–Crippen LogP) is 2.32. The lowest BCUT2D eigenvalue weighted by Gasteiger charge is -2.37. The van der Waals surface area contributed by atoms with Crippen LogP contribution in [-0.2, 0) is 0 Å². The molecule has 1 aliphatic heterocycles. The second kappa shape index (κ2) is 7.61. The summed E-state index contributed by atoms with van der Waals surface area (Å²) in [4.78, 5) is 5.19. The van der Waals surface area contributed by atoms with Gasteiger partial charge in [-0.25, -0.2) is 0 Å². The first-order valence-corrected chi connectivity index (χ1v) is 8.34. The van der Waals surface area contributed by atoms with Crippen LogP contribution in [-0.4, -0.2) is 61.7 Å². The van der Waals surface area contributed by atoms with Gasteiger partial charge in [0.2, 0.25) is 0 Å². The summed E-state index contributed by atoms with van der Waals surface area (Å²) >= 11 is 0. The molecule has 2 fully saturated rings. The summed E-state index contributed by atoms with van der Waals surface area (Å²) < 4.78 is 0. The number of likely N-dealkylation sites (tertiary alicyclic amines) is 1. The summed E-state index contributed by atoms with van der Waals surface area (Å²) in [6.07, 6.45) is 9.55. The van der Waals surface area contributed by atoms with Crippen LogP contribution in [0.4, 0.5) is 0 Å². The second-order valence-electron chi connectivity index (χ2n) is 6.68. The lowest BCUT2D eigenvalue weighted by atomic mass is 9.90. The third-order valence-corrected chi connectivity index (χ3v) is 5.17. The summed E-state index contributed by atoms with van der Waals surface area (Å²) in [5.41, 5.74) is 0. The Kier molecular flexibility index (Phi) is 6.11. The number of hydrogen-bond acceptors (Lipinski definition) is 3. The van der Waals surface area contributed by atoms with Crippen molar-refractivity contribution in [3.8, 4) is 0 Å². The summed E-state index contributed by atoms with van der Waals surface area (Å²) in [5, 5.41) is 3.68. The fourth-order valence-electron chi connectivity index (χ4n) is 3.76. The molecule has 0 aromatic heterocycles. The highest BCUT2D eigenvalue weighted by Crippen LogP contribution is 2.24. The van der Waals surface area contributed by atoms with Gasteiger partial charge in [0.05, 0.1) is 0 Å². The standard InChI is InChI=1S/C16H33N3/c1-4-11-17-14-7-9-15(10-8-14)19(3)13-16-6-5-12-18(16)2/h14-17H,4-13H2,1-3H3. The maximum Gasteiger partial charge on any atom is 0.0220 e. The fraction of sp³-hybridized carbons (Fsp3) is 1.00. The highest BCUT2D eigenvalue weighted by Gasteiger charge is 2.27. The van der Waals surface area contributed by atoms with Crippen molar-refractivity contribution in [3.05, 3.63) is 0 Å². The molecule has 0 amide bonds. The fourth-order valence-corrected chi connectivity index (χ4v) is 3.76. The molecule has 1 aliphatic carbocycles. The van der Waals surface area contributed by atoms with E-state index in [4.69, 9.17) is 0 Å². The highest BCUT2D eigenvalue weighted by atomic mass is 15.2.